The Morgan fingerprint density at radius 2 is 2.47 bits per heavy atom. The van der Waals surface area contributed by atoms with E-state index in [2.05, 4.69) is 28.2 Å². The molecule has 0 aliphatic carbocycles. The average Bonchev–Trinajstić information content (AvgIpc) is 2.73. The number of hydrogen-bond acceptors (Lipinski definition) is 3. The van der Waals surface area contributed by atoms with Gasteiger partial charge in [-0.15, -0.1) is 11.3 Å². The predicted molar refractivity (Wildman–Crippen MR) is 66.2 cm³/mol. The number of amides is 1. The van der Waals surface area contributed by atoms with Gasteiger partial charge in [0.25, 0.3) is 5.91 Å². The van der Waals surface area contributed by atoms with Gasteiger partial charge >= 0.3 is 0 Å². The molecule has 1 amide bonds. The van der Waals surface area contributed by atoms with Crippen LogP contribution in [0.5, 0.6) is 5.75 Å². The molecule has 5 heteroatoms. The van der Waals surface area contributed by atoms with Crippen molar-refractivity contribution in [3.05, 3.63) is 16.3 Å². The minimum atomic E-state index is -0.0697. The monoisotopic (exact) mass is 291 g/mol. The van der Waals surface area contributed by atoms with E-state index in [0.717, 1.165) is 6.42 Å². The van der Waals surface area contributed by atoms with Crippen LogP contribution in [0.25, 0.3) is 0 Å². The molecule has 0 radical (unpaired) electrons. The Morgan fingerprint density at radius 1 is 1.73 bits per heavy atom. The summed E-state index contributed by atoms with van der Waals surface area (Å²) in [5.41, 5.74) is 0. The van der Waals surface area contributed by atoms with E-state index < -0.39 is 0 Å². The molecule has 1 heterocycles. The van der Waals surface area contributed by atoms with E-state index >= 15 is 0 Å². The molecule has 1 aromatic rings. The van der Waals surface area contributed by atoms with Crippen LogP contribution in [0.2, 0.25) is 0 Å². The van der Waals surface area contributed by atoms with E-state index in [4.69, 9.17) is 4.74 Å². The van der Waals surface area contributed by atoms with Crippen LogP contribution in [-0.2, 0) is 0 Å². The van der Waals surface area contributed by atoms with Crippen LogP contribution in [0.4, 0.5) is 0 Å². The average molecular weight is 292 g/mol. The second-order valence-electron chi connectivity index (χ2n) is 3.03. The van der Waals surface area contributed by atoms with E-state index in [0.29, 0.717) is 22.0 Å². The quantitative estimate of drug-likeness (QED) is 0.847. The highest BCUT2D eigenvalue weighted by atomic mass is 79.9. The molecule has 1 unspecified atom stereocenters. The number of halogens is 1. The fourth-order valence-corrected chi connectivity index (χ4v) is 1.99. The van der Waals surface area contributed by atoms with Crippen LogP contribution >= 0.6 is 27.3 Å². The molecule has 3 nitrogen and oxygen atoms in total. The zero-order chi connectivity index (χ0) is 11.3. The van der Waals surface area contributed by atoms with Gasteiger partial charge < -0.3 is 10.1 Å². The molecular weight excluding hydrogens is 278 g/mol. The van der Waals surface area contributed by atoms with Crippen molar-refractivity contribution in [2.24, 2.45) is 0 Å². The van der Waals surface area contributed by atoms with Gasteiger partial charge in [-0.05, 0) is 17.9 Å². The summed E-state index contributed by atoms with van der Waals surface area (Å²) >= 11 is 4.85. The number of thiophene rings is 1. The van der Waals surface area contributed by atoms with Gasteiger partial charge in [-0.2, -0.15) is 0 Å². The Kier molecular flexibility index (Phi) is 5.11. The molecule has 0 bridgehead atoms. The standard InChI is InChI=1S/C10H14BrNO2S/c1-3-7(11)6-12-10(13)9-8(14-2)4-5-15-9/h4-5,7H,3,6H2,1-2H3,(H,12,13). The van der Waals surface area contributed by atoms with Crippen molar-refractivity contribution in [2.45, 2.75) is 18.2 Å². The van der Waals surface area contributed by atoms with Crippen LogP contribution in [-0.4, -0.2) is 24.4 Å². The molecular formula is C10H14BrNO2S. The Bertz CT molecular complexity index is 327. The molecule has 1 aromatic heterocycles. The highest BCUT2D eigenvalue weighted by molar-refractivity contribution is 9.09. The number of ether oxygens (including phenoxy) is 1. The molecule has 0 saturated carbocycles. The van der Waals surface area contributed by atoms with Gasteiger partial charge in [0, 0.05) is 11.4 Å². The minimum Gasteiger partial charge on any atom is -0.495 e. The summed E-state index contributed by atoms with van der Waals surface area (Å²) in [7, 11) is 1.57. The first-order chi connectivity index (χ1) is 7.19. The third-order valence-corrected chi connectivity index (χ3v) is 3.85. The molecule has 0 spiro atoms. The first kappa shape index (κ1) is 12.5. The molecule has 15 heavy (non-hydrogen) atoms. The third-order valence-electron chi connectivity index (χ3n) is 1.98. The zero-order valence-corrected chi connectivity index (χ0v) is 11.2. The second kappa shape index (κ2) is 6.12. The molecule has 0 aliphatic heterocycles. The molecule has 0 aliphatic rings. The lowest BCUT2D eigenvalue weighted by atomic mass is 10.3. The van der Waals surface area contributed by atoms with Crippen LogP contribution in [0.15, 0.2) is 11.4 Å². The first-order valence-corrected chi connectivity index (χ1v) is 6.52. The van der Waals surface area contributed by atoms with Crippen molar-refractivity contribution in [3.8, 4) is 5.75 Å². The van der Waals surface area contributed by atoms with Gasteiger partial charge in [0.05, 0.1) is 7.11 Å². The molecule has 0 aromatic carbocycles. The topological polar surface area (TPSA) is 38.3 Å². The van der Waals surface area contributed by atoms with Gasteiger partial charge in [0.2, 0.25) is 0 Å². The lowest BCUT2D eigenvalue weighted by Crippen LogP contribution is -2.28. The normalized spacial score (nSPS) is 12.2. The zero-order valence-electron chi connectivity index (χ0n) is 8.75. The van der Waals surface area contributed by atoms with Crippen LogP contribution in [0, 0.1) is 0 Å². The van der Waals surface area contributed by atoms with E-state index in [1.54, 1.807) is 13.2 Å². The Morgan fingerprint density at radius 3 is 3.07 bits per heavy atom. The summed E-state index contributed by atoms with van der Waals surface area (Å²) < 4.78 is 5.08. The van der Waals surface area contributed by atoms with E-state index in [-0.39, 0.29) is 5.91 Å². The lowest BCUT2D eigenvalue weighted by molar-refractivity contribution is 0.0955. The van der Waals surface area contributed by atoms with E-state index in [1.807, 2.05) is 5.38 Å². The fourth-order valence-electron chi connectivity index (χ4n) is 1.05. The molecule has 1 rings (SSSR count). The van der Waals surface area contributed by atoms with Crippen LogP contribution < -0.4 is 10.1 Å². The summed E-state index contributed by atoms with van der Waals surface area (Å²) in [6.45, 7) is 2.70. The number of hydrogen-bond donors (Lipinski definition) is 1. The maximum atomic E-state index is 11.7. The fraction of sp³-hybridized carbons (Fsp3) is 0.500. The highest BCUT2D eigenvalue weighted by Crippen LogP contribution is 2.23. The minimum absolute atomic E-state index is 0.0697. The smallest absolute Gasteiger partial charge is 0.265 e. The first-order valence-electron chi connectivity index (χ1n) is 4.72. The molecule has 1 atom stereocenters. The number of methoxy groups -OCH3 is 1. The maximum Gasteiger partial charge on any atom is 0.265 e. The number of rotatable bonds is 5. The van der Waals surface area contributed by atoms with Crippen molar-refractivity contribution < 1.29 is 9.53 Å². The molecule has 84 valence electrons. The summed E-state index contributed by atoms with van der Waals surface area (Å²) in [5.74, 6) is 0.569. The van der Waals surface area contributed by atoms with Crippen molar-refractivity contribution in [1.82, 2.24) is 5.32 Å². The number of nitrogens with one attached hydrogen (secondary N) is 1. The van der Waals surface area contributed by atoms with E-state index in [1.165, 1.54) is 11.3 Å². The predicted octanol–water partition coefficient (Wildman–Crippen LogP) is 2.66. The number of carbonyl (C=O) groups is 1. The van der Waals surface area contributed by atoms with Crippen molar-refractivity contribution in [3.63, 3.8) is 0 Å². The maximum absolute atomic E-state index is 11.7. The lowest BCUT2D eigenvalue weighted by Gasteiger charge is -2.08. The summed E-state index contributed by atoms with van der Waals surface area (Å²) in [6, 6.07) is 1.80. The Balaban J connectivity index is 2.54. The largest absolute Gasteiger partial charge is 0.495 e. The Labute approximate surface area is 102 Å². The molecule has 0 saturated heterocycles. The van der Waals surface area contributed by atoms with Gasteiger partial charge in [-0.25, -0.2) is 0 Å². The number of carbonyl (C=O) groups excluding carboxylic acids is 1. The van der Waals surface area contributed by atoms with Gasteiger partial charge in [-0.3, -0.25) is 4.79 Å². The second-order valence-corrected chi connectivity index (χ2v) is 5.24. The summed E-state index contributed by atoms with van der Waals surface area (Å²) in [4.78, 5) is 12.7. The van der Waals surface area contributed by atoms with Gasteiger partial charge in [0.15, 0.2) is 0 Å². The SMILES string of the molecule is CCC(Br)CNC(=O)c1sccc1OC. The van der Waals surface area contributed by atoms with E-state index in [9.17, 15) is 4.79 Å². The Hall–Kier alpha value is -0.550. The molecule has 0 fully saturated rings. The van der Waals surface area contributed by atoms with Crippen molar-refractivity contribution in [2.75, 3.05) is 13.7 Å². The van der Waals surface area contributed by atoms with Gasteiger partial charge in [0.1, 0.15) is 10.6 Å². The van der Waals surface area contributed by atoms with Crippen molar-refractivity contribution >= 4 is 33.2 Å². The van der Waals surface area contributed by atoms with Crippen LogP contribution in [0.1, 0.15) is 23.0 Å². The van der Waals surface area contributed by atoms with Gasteiger partial charge in [-0.1, -0.05) is 22.9 Å². The van der Waals surface area contributed by atoms with Crippen molar-refractivity contribution in [1.29, 1.82) is 0 Å². The number of alkyl halides is 1. The summed E-state index contributed by atoms with van der Waals surface area (Å²) in [6.07, 6.45) is 0.988. The highest BCUT2D eigenvalue weighted by Gasteiger charge is 2.14. The third kappa shape index (κ3) is 3.50. The molecule has 1 N–H and O–H groups in total. The van der Waals surface area contributed by atoms with Crippen LogP contribution in [0.3, 0.4) is 0 Å². The summed E-state index contributed by atoms with van der Waals surface area (Å²) in [5, 5.41) is 4.70.